The van der Waals surface area contributed by atoms with E-state index in [1.165, 1.54) is 0 Å². The summed E-state index contributed by atoms with van der Waals surface area (Å²) in [7, 11) is -3.04. The number of rotatable bonds is 5. The van der Waals surface area contributed by atoms with Gasteiger partial charge in [0.05, 0.1) is 11.0 Å². The molecule has 6 nitrogen and oxygen atoms in total. The Morgan fingerprint density at radius 1 is 1.58 bits per heavy atom. The molecule has 0 saturated carbocycles. The lowest BCUT2D eigenvalue weighted by molar-refractivity contribution is 0.430. The fraction of sp³-hybridized carbons (Fsp3) is 0.750. The van der Waals surface area contributed by atoms with Gasteiger partial charge in [0.1, 0.15) is 5.82 Å². The summed E-state index contributed by atoms with van der Waals surface area (Å²) >= 11 is 0. The van der Waals surface area contributed by atoms with E-state index in [1.54, 1.807) is 6.20 Å². The van der Waals surface area contributed by atoms with Gasteiger partial charge in [-0.25, -0.2) is 13.4 Å². The number of nitrogens with zero attached hydrogens (tertiary/aromatic N) is 2. The van der Waals surface area contributed by atoms with Gasteiger partial charge in [0.15, 0.2) is 9.84 Å². The normalized spacial score (nSPS) is 24.2. The number of hydrogen-bond acceptors (Lipinski definition) is 5. The minimum absolute atomic E-state index is 0.266. The number of nitrogens with two attached hydrogens (primary N) is 1. The molecule has 1 aromatic rings. The highest BCUT2D eigenvalue weighted by molar-refractivity contribution is 7.92. The Hall–Kier alpha value is -0.920. The van der Waals surface area contributed by atoms with Gasteiger partial charge in [-0.05, 0) is 19.8 Å². The van der Waals surface area contributed by atoms with Gasteiger partial charge in [-0.2, -0.15) is 0 Å². The first-order chi connectivity index (χ1) is 9.08. The monoisotopic (exact) mass is 286 g/mol. The van der Waals surface area contributed by atoms with Crippen molar-refractivity contribution in [3.8, 4) is 0 Å². The fourth-order valence-electron chi connectivity index (χ4n) is 2.74. The third kappa shape index (κ3) is 3.16. The second-order valence-electron chi connectivity index (χ2n) is 5.01. The van der Waals surface area contributed by atoms with Gasteiger partial charge in [0.25, 0.3) is 0 Å². The zero-order valence-electron chi connectivity index (χ0n) is 11.2. The Morgan fingerprint density at radius 2 is 2.37 bits per heavy atom. The van der Waals surface area contributed by atoms with Crippen LogP contribution in [0.15, 0.2) is 12.4 Å². The van der Waals surface area contributed by atoms with Crippen molar-refractivity contribution in [2.24, 2.45) is 5.84 Å². The van der Waals surface area contributed by atoms with Gasteiger partial charge in [-0.15, -0.1) is 0 Å². The van der Waals surface area contributed by atoms with Gasteiger partial charge in [0, 0.05) is 31.4 Å². The average Bonchev–Trinajstić information content (AvgIpc) is 2.83. The molecule has 0 radical (unpaired) electrons. The molecule has 2 atom stereocenters. The van der Waals surface area contributed by atoms with Gasteiger partial charge >= 0.3 is 0 Å². The van der Waals surface area contributed by atoms with Crippen molar-refractivity contribution in [3.05, 3.63) is 18.2 Å². The molecule has 0 spiro atoms. The second kappa shape index (κ2) is 6.02. The molecule has 1 aliphatic heterocycles. The SMILES string of the molecule is CCn1ccnc1CC(NN)C1CCCCS1(=O)=O. The minimum Gasteiger partial charge on any atom is -0.335 e. The molecular formula is C12H22N4O2S. The highest BCUT2D eigenvalue weighted by Gasteiger charge is 2.35. The Bertz CT molecular complexity index is 512. The summed E-state index contributed by atoms with van der Waals surface area (Å²) in [6.45, 7) is 2.86. The number of nitrogens with one attached hydrogen (secondary N) is 1. The summed E-state index contributed by atoms with van der Waals surface area (Å²) in [6.07, 6.45) is 6.58. The van der Waals surface area contributed by atoms with Crippen LogP contribution in [0.4, 0.5) is 0 Å². The standard InChI is InChI=1S/C12H22N4O2S/c1-2-16-7-6-14-12(16)9-10(15-13)11-5-3-4-8-19(11,17)18/h6-7,10-11,15H,2-5,8-9,13H2,1H3. The van der Waals surface area contributed by atoms with E-state index in [0.29, 0.717) is 12.8 Å². The molecule has 7 heteroatoms. The number of hydrogen-bond donors (Lipinski definition) is 2. The van der Waals surface area contributed by atoms with Crippen molar-refractivity contribution in [1.29, 1.82) is 0 Å². The molecule has 1 aromatic heterocycles. The highest BCUT2D eigenvalue weighted by Crippen LogP contribution is 2.23. The topological polar surface area (TPSA) is 90.0 Å². The zero-order chi connectivity index (χ0) is 13.9. The van der Waals surface area contributed by atoms with Crippen molar-refractivity contribution < 1.29 is 8.42 Å². The Balaban J connectivity index is 2.16. The van der Waals surface area contributed by atoms with Gasteiger partial charge in [0.2, 0.25) is 0 Å². The summed E-state index contributed by atoms with van der Waals surface area (Å²) in [5.74, 6) is 6.74. The number of aromatic nitrogens is 2. The lowest BCUT2D eigenvalue weighted by Gasteiger charge is -2.29. The van der Waals surface area contributed by atoms with Gasteiger partial charge in [-0.3, -0.25) is 11.3 Å². The molecule has 3 N–H and O–H groups in total. The molecule has 19 heavy (non-hydrogen) atoms. The van der Waals surface area contributed by atoms with Crippen LogP contribution in [0.2, 0.25) is 0 Å². The van der Waals surface area contributed by atoms with Crippen LogP contribution in [-0.2, 0) is 22.8 Å². The van der Waals surface area contributed by atoms with Crippen molar-refractivity contribution in [2.45, 2.75) is 50.4 Å². The number of hydrazine groups is 1. The lowest BCUT2D eigenvalue weighted by atomic mass is 10.0. The summed E-state index contributed by atoms with van der Waals surface area (Å²) in [5, 5.41) is -0.395. The van der Waals surface area contributed by atoms with E-state index in [0.717, 1.165) is 25.2 Å². The van der Waals surface area contributed by atoms with E-state index >= 15 is 0 Å². The quantitative estimate of drug-likeness (QED) is 0.598. The highest BCUT2D eigenvalue weighted by atomic mass is 32.2. The number of aryl methyl sites for hydroxylation is 1. The third-order valence-electron chi connectivity index (χ3n) is 3.84. The maximum atomic E-state index is 12.1. The summed E-state index contributed by atoms with van der Waals surface area (Å²) in [4.78, 5) is 4.29. The fourth-order valence-corrected chi connectivity index (χ4v) is 4.85. The Labute approximate surface area is 114 Å². The van der Waals surface area contributed by atoms with Crippen LogP contribution in [0.25, 0.3) is 0 Å². The first kappa shape index (κ1) is 14.5. The molecule has 2 heterocycles. The minimum atomic E-state index is -3.04. The van der Waals surface area contributed by atoms with E-state index in [-0.39, 0.29) is 11.8 Å². The van der Waals surface area contributed by atoms with E-state index < -0.39 is 15.1 Å². The van der Waals surface area contributed by atoms with Crippen LogP contribution in [-0.4, -0.2) is 35.0 Å². The third-order valence-corrected chi connectivity index (χ3v) is 6.18. The van der Waals surface area contributed by atoms with E-state index in [1.807, 2.05) is 17.7 Å². The van der Waals surface area contributed by atoms with Crippen LogP contribution >= 0.6 is 0 Å². The molecule has 1 saturated heterocycles. The number of imidazole rings is 1. The van der Waals surface area contributed by atoms with Crippen LogP contribution in [0, 0.1) is 0 Å². The Kier molecular flexibility index (Phi) is 4.59. The predicted molar refractivity (Wildman–Crippen MR) is 74.1 cm³/mol. The summed E-state index contributed by atoms with van der Waals surface area (Å²) < 4.78 is 26.3. The largest absolute Gasteiger partial charge is 0.335 e. The molecule has 1 aliphatic rings. The summed E-state index contributed by atoms with van der Waals surface area (Å²) in [5.41, 5.74) is 2.68. The second-order valence-corrected chi connectivity index (χ2v) is 7.35. The van der Waals surface area contributed by atoms with Crippen molar-refractivity contribution >= 4 is 9.84 Å². The predicted octanol–water partition coefficient (Wildman–Crippen LogP) is 0.245. The molecule has 0 amide bonds. The first-order valence-corrected chi connectivity index (χ1v) is 8.47. The summed E-state index contributed by atoms with van der Waals surface area (Å²) in [6, 6.07) is -0.266. The molecule has 0 bridgehead atoms. The molecule has 108 valence electrons. The smallest absolute Gasteiger partial charge is 0.154 e. The number of sulfone groups is 1. The first-order valence-electron chi connectivity index (χ1n) is 6.76. The van der Waals surface area contributed by atoms with E-state index in [9.17, 15) is 8.42 Å². The molecule has 2 unspecified atom stereocenters. The van der Waals surface area contributed by atoms with Crippen LogP contribution in [0.3, 0.4) is 0 Å². The maximum absolute atomic E-state index is 12.1. The van der Waals surface area contributed by atoms with E-state index in [4.69, 9.17) is 5.84 Å². The molecule has 0 aliphatic carbocycles. The zero-order valence-corrected chi connectivity index (χ0v) is 12.1. The van der Waals surface area contributed by atoms with Crippen molar-refractivity contribution in [2.75, 3.05) is 5.75 Å². The van der Waals surface area contributed by atoms with Crippen LogP contribution in [0.5, 0.6) is 0 Å². The average molecular weight is 286 g/mol. The lowest BCUT2D eigenvalue weighted by Crippen LogP contribution is -2.50. The molecular weight excluding hydrogens is 264 g/mol. The van der Waals surface area contributed by atoms with E-state index in [2.05, 4.69) is 10.4 Å². The maximum Gasteiger partial charge on any atom is 0.154 e. The van der Waals surface area contributed by atoms with Crippen LogP contribution in [0.1, 0.15) is 32.0 Å². The van der Waals surface area contributed by atoms with Crippen LogP contribution < -0.4 is 11.3 Å². The van der Waals surface area contributed by atoms with Crippen molar-refractivity contribution in [1.82, 2.24) is 15.0 Å². The van der Waals surface area contributed by atoms with Gasteiger partial charge in [-0.1, -0.05) is 6.42 Å². The molecule has 2 rings (SSSR count). The Morgan fingerprint density at radius 3 is 3.00 bits per heavy atom. The van der Waals surface area contributed by atoms with Crippen molar-refractivity contribution in [3.63, 3.8) is 0 Å². The molecule has 1 fully saturated rings. The van der Waals surface area contributed by atoms with Gasteiger partial charge < -0.3 is 4.57 Å². The molecule has 0 aromatic carbocycles.